The number of nitrogens with two attached hydrogens (primary N) is 1. The summed E-state index contributed by atoms with van der Waals surface area (Å²) in [5.74, 6) is 0.585. The molecule has 0 spiro atoms. The molecule has 6 heteroatoms. The van der Waals surface area contributed by atoms with E-state index in [1.54, 1.807) is 12.1 Å². The van der Waals surface area contributed by atoms with E-state index >= 15 is 0 Å². The summed E-state index contributed by atoms with van der Waals surface area (Å²) >= 11 is 0. The SMILES string of the molecule is CCc1ccc(S(=O)(=O)NCCOCCC(C)C)cc1N. The van der Waals surface area contributed by atoms with Crippen LogP contribution in [0.4, 0.5) is 5.69 Å². The van der Waals surface area contributed by atoms with E-state index < -0.39 is 10.0 Å². The van der Waals surface area contributed by atoms with Crippen LogP contribution in [0, 0.1) is 5.92 Å². The summed E-state index contributed by atoms with van der Waals surface area (Å²) < 4.78 is 32.1. The van der Waals surface area contributed by atoms with Crippen molar-refractivity contribution >= 4 is 15.7 Å². The molecule has 0 unspecified atom stereocenters. The lowest BCUT2D eigenvalue weighted by molar-refractivity contribution is 0.128. The molecule has 120 valence electrons. The van der Waals surface area contributed by atoms with Gasteiger partial charge in [0.1, 0.15) is 0 Å². The Morgan fingerprint density at radius 1 is 1.29 bits per heavy atom. The molecule has 1 aromatic rings. The molecule has 0 aliphatic rings. The molecule has 5 nitrogen and oxygen atoms in total. The van der Waals surface area contributed by atoms with Crippen LogP contribution in [0.1, 0.15) is 32.8 Å². The first-order chi connectivity index (χ1) is 9.86. The molecule has 0 saturated heterocycles. The van der Waals surface area contributed by atoms with Crippen LogP contribution in [0.3, 0.4) is 0 Å². The van der Waals surface area contributed by atoms with E-state index in [4.69, 9.17) is 10.5 Å². The maximum atomic E-state index is 12.1. The summed E-state index contributed by atoms with van der Waals surface area (Å²) in [6.45, 7) is 7.50. The van der Waals surface area contributed by atoms with E-state index in [2.05, 4.69) is 18.6 Å². The monoisotopic (exact) mass is 314 g/mol. The van der Waals surface area contributed by atoms with Crippen molar-refractivity contribution in [3.8, 4) is 0 Å². The largest absolute Gasteiger partial charge is 0.398 e. The van der Waals surface area contributed by atoms with Crippen LogP contribution < -0.4 is 10.5 Å². The van der Waals surface area contributed by atoms with E-state index in [1.807, 2.05) is 6.92 Å². The number of aryl methyl sites for hydroxylation is 1. The van der Waals surface area contributed by atoms with E-state index in [0.29, 0.717) is 24.8 Å². The molecule has 0 aliphatic heterocycles. The van der Waals surface area contributed by atoms with Crippen LogP contribution in [0.2, 0.25) is 0 Å². The molecule has 0 fully saturated rings. The molecule has 0 bridgehead atoms. The predicted molar refractivity (Wildman–Crippen MR) is 85.7 cm³/mol. The highest BCUT2D eigenvalue weighted by atomic mass is 32.2. The van der Waals surface area contributed by atoms with Gasteiger partial charge in [-0.3, -0.25) is 0 Å². The van der Waals surface area contributed by atoms with Crippen molar-refractivity contribution in [2.75, 3.05) is 25.5 Å². The van der Waals surface area contributed by atoms with Crippen LogP contribution in [-0.2, 0) is 21.2 Å². The Morgan fingerprint density at radius 2 is 2.00 bits per heavy atom. The second-order valence-corrected chi connectivity index (χ2v) is 7.17. The molecule has 0 radical (unpaired) electrons. The minimum Gasteiger partial charge on any atom is -0.398 e. The topological polar surface area (TPSA) is 81.4 Å². The molecule has 0 amide bonds. The summed E-state index contributed by atoms with van der Waals surface area (Å²) in [7, 11) is -3.52. The summed E-state index contributed by atoms with van der Waals surface area (Å²) in [5.41, 5.74) is 7.29. The molecular formula is C15H26N2O3S. The molecule has 0 aromatic heterocycles. The molecule has 3 N–H and O–H groups in total. The Kier molecular flexibility index (Phi) is 7.14. The fourth-order valence-electron chi connectivity index (χ4n) is 1.81. The number of nitrogen functional groups attached to an aromatic ring is 1. The molecule has 1 aromatic carbocycles. The second kappa shape index (κ2) is 8.36. The van der Waals surface area contributed by atoms with E-state index in [-0.39, 0.29) is 11.4 Å². The Bertz CT molecular complexity index is 542. The fraction of sp³-hybridized carbons (Fsp3) is 0.600. The zero-order valence-electron chi connectivity index (χ0n) is 13.1. The van der Waals surface area contributed by atoms with E-state index in [9.17, 15) is 8.42 Å². The fourth-order valence-corrected chi connectivity index (χ4v) is 2.86. The molecule has 1 rings (SSSR count). The van der Waals surface area contributed by atoms with Crippen molar-refractivity contribution in [2.24, 2.45) is 5.92 Å². The molecule has 0 heterocycles. The van der Waals surface area contributed by atoms with E-state index in [1.165, 1.54) is 6.07 Å². The van der Waals surface area contributed by atoms with Gasteiger partial charge in [0.05, 0.1) is 11.5 Å². The van der Waals surface area contributed by atoms with Crippen molar-refractivity contribution in [3.05, 3.63) is 23.8 Å². The first kappa shape index (κ1) is 17.9. The van der Waals surface area contributed by atoms with Crippen LogP contribution in [-0.4, -0.2) is 28.2 Å². The van der Waals surface area contributed by atoms with Crippen molar-refractivity contribution in [2.45, 2.75) is 38.5 Å². The molecule has 0 saturated carbocycles. The third-order valence-corrected chi connectivity index (χ3v) is 4.65. The van der Waals surface area contributed by atoms with Gasteiger partial charge >= 0.3 is 0 Å². The van der Waals surface area contributed by atoms with Gasteiger partial charge < -0.3 is 10.5 Å². The Morgan fingerprint density at radius 3 is 2.57 bits per heavy atom. The average molecular weight is 314 g/mol. The van der Waals surface area contributed by atoms with Gasteiger partial charge in [-0.15, -0.1) is 0 Å². The first-order valence-corrected chi connectivity index (χ1v) is 8.81. The lowest BCUT2D eigenvalue weighted by atomic mass is 10.1. The highest BCUT2D eigenvalue weighted by molar-refractivity contribution is 7.89. The van der Waals surface area contributed by atoms with Crippen LogP contribution in [0.25, 0.3) is 0 Å². The number of hydrogen-bond donors (Lipinski definition) is 2. The third kappa shape index (κ3) is 6.03. The van der Waals surface area contributed by atoms with Crippen LogP contribution >= 0.6 is 0 Å². The number of anilines is 1. The van der Waals surface area contributed by atoms with Gasteiger partial charge in [-0.2, -0.15) is 0 Å². The summed E-state index contributed by atoms with van der Waals surface area (Å²) in [6, 6.07) is 4.83. The summed E-state index contributed by atoms with van der Waals surface area (Å²) in [5, 5.41) is 0. The number of ether oxygens (including phenoxy) is 1. The third-order valence-electron chi connectivity index (χ3n) is 3.19. The highest BCUT2D eigenvalue weighted by Crippen LogP contribution is 2.18. The van der Waals surface area contributed by atoms with E-state index in [0.717, 1.165) is 18.4 Å². The minimum atomic E-state index is -3.52. The van der Waals surface area contributed by atoms with Crippen molar-refractivity contribution in [1.29, 1.82) is 0 Å². The van der Waals surface area contributed by atoms with Crippen LogP contribution in [0.5, 0.6) is 0 Å². The van der Waals surface area contributed by atoms with Crippen LogP contribution in [0.15, 0.2) is 23.1 Å². The number of hydrogen-bond acceptors (Lipinski definition) is 4. The number of benzene rings is 1. The molecule has 0 aliphatic carbocycles. The van der Waals surface area contributed by atoms with Crippen molar-refractivity contribution in [1.82, 2.24) is 4.72 Å². The Balaban J connectivity index is 2.48. The van der Waals surface area contributed by atoms with Crippen molar-refractivity contribution in [3.63, 3.8) is 0 Å². The summed E-state index contributed by atoms with van der Waals surface area (Å²) in [6.07, 6.45) is 1.76. The number of rotatable bonds is 9. The van der Waals surface area contributed by atoms with Gasteiger partial charge in [-0.05, 0) is 36.5 Å². The first-order valence-electron chi connectivity index (χ1n) is 7.32. The minimum absolute atomic E-state index is 0.194. The van der Waals surface area contributed by atoms with Gasteiger partial charge in [0.15, 0.2) is 0 Å². The standard InChI is InChI=1S/C15H26N2O3S/c1-4-13-5-6-14(11-15(13)16)21(18,19)17-8-10-20-9-7-12(2)3/h5-6,11-12,17H,4,7-10,16H2,1-3H3. The quantitative estimate of drug-likeness (QED) is 0.540. The normalized spacial score (nSPS) is 12.0. The van der Waals surface area contributed by atoms with Gasteiger partial charge in [0, 0.05) is 18.8 Å². The maximum Gasteiger partial charge on any atom is 0.240 e. The number of sulfonamides is 1. The molecule has 0 atom stereocenters. The Labute approximate surface area is 127 Å². The predicted octanol–water partition coefficient (Wildman–Crippen LogP) is 2.17. The molecular weight excluding hydrogens is 288 g/mol. The lowest BCUT2D eigenvalue weighted by Crippen LogP contribution is -2.27. The number of nitrogens with one attached hydrogen (secondary N) is 1. The molecule has 21 heavy (non-hydrogen) atoms. The van der Waals surface area contributed by atoms with Gasteiger partial charge in [0.2, 0.25) is 10.0 Å². The summed E-state index contributed by atoms with van der Waals surface area (Å²) in [4.78, 5) is 0.194. The van der Waals surface area contributed by atoms with Gasteiger partial charge in [-0.1, -0.05) is 26.8 Å². The zero-order valence-corrected chi connectivity index (χ0v) is 13.9. The Hall–Kier alpha value is -1.11. The van der Waals surface area contributed by atoms with Gasteiger partial charge in [0.25, 0.3) is 0 Å². The highest BCUT2D eigenvalue weighted by Gasteiger charge is 2.14. The maximum absolute atomic E-state index is 12.1. The van der Waals surface area contributed by atoms with Crippen molar-refractivity contribution < 1.29 is 13.2 Å². The second-order valence-electron chi connectivity index (χ2n) is 5.41. The average Bonchev–Trinajstić information content (AvgIpc) is 2.42. The zero-order chi connectivity index (χ0) is 15.9. The van der Waals surface area contributed by atoms with Gasteiger partial charge in [-0.25, -0.2) is 13.1 Å². The smallest absolute Gasteiger partial charge is 0.240 e. The lowest BCUT2D eigenvalue weighted by Gasteiger charge is -2.10.